The minimum atomic E-state index is -11.1. The maximum Gasteiger partial charge on any atom is 1.00 e. The van der Waals surface area contributed by atoms with Crippen molar-refractivity contribution in [3.8, 4) is 0 Å². The van der Waals surface area contributed by atoms with Crippen molar-refractivity contribution in [2.24, 2.45) is 0 Å². The average Bonchev–Trinajstić information content (AvgIpc) is 0.592. The summed E-state index contributed by atoms with van der Waals surface area (Å²) in [5.41, 5.74) is 0. The summed E-state index contributed by atoms with van der Waals surface area (Å²) in [4.78, 5) is 0. The molecule has 0 aliphatic carbocycles. The van der Waals surface area contributed by atoms with Gasteiger partial charge < -0.3 is 0 Å². The van der Waals surface area contributed by atoms with E-state index in [0.717, 1.165) is 0 Å². The Bertz CT molecular complexity index is 67.1. The molecule has 0 radical (unpaired) electrons. The molecule has 0 saturated carbocycles. The van der Waals surface area contributed by atoms with E-state index in [1.54, 1.807) is 0 Å². The molecule has 0 aliphatic rings. The van der Waals surface area contributed by atoms with Gasteiger partial charge in [-0.05, 0) is 0 Å². The second-order valence-corrected chi connectivity index (χ2v) is 4.98. The molecular weight excluding hydrogens is 189 g/mol. The van der Waals surface area contributed by atoms with E-state index < -0.39 is 14.2 Å². The zero-order valence-electron chi connectivity index (χ0n) is 3.72. The summed E-state index contributed by atoms with van der Waals surface area (Å²) in [6.07, 6.45) is 0. The Balaban J connectivity index is 0. The third-order valence-corrected chi connectivity index (χ3v) is 0. The van der Waals surface area contributed by atoms with Crippen LogP contribution in [-0.2, 0) is 0 Å². The first-order valence-electron chi connectivity index (χ1n) is 1.01. The van der Waals surface area contributed by atoms with Crippen LogP contribution in [0.5, 0.6) is 0 Å². The molecule has 0 fully saturated rings. The maximum atomic E-state index is 9.91. The smallest absolute Gasteiger partial charge is 1.00 e. The summed E-state index contributed by atoms with van der Waals surface area (Å²) in [6.45, 7) is 0. The second kappa shape index (κ2) is 0.707. The summed E-state index contributed by atoms with van der Waals surface area (Å²) < 4.78 is 59.4. The van der Waals surface area contributed by atoms with Crippen LogP contribution < -0.4 is 0 Å². The van der Waals surface area contributed by atoms with E-state index in [9.17, 15) is 20.8 Å². The van der Waals surface area contributed by atoms with Crippen LogP contribution in [0, 0.1) is 0 Å². The van der Waals surface area contributed by atoms with Crippen molar-refractivity contribution < 1.29 is 22.2 Å². The van der Waals surface area contributed by atoms with Crippen LogP contribution in [0.25, 0.3) is 0 Å². The molecule has 7 heavy (non-hydrogen) atoms. The van der Waals surface area contributed by atoms with Gasteiger partial charge in [0.1, 0.15) is 0 Å². The SMILES string of the molecule is F[As-](F)(F)(F)(F)F.[H+]. The summed E-state index contributed by atoms with van der Waals surface area (Å²) in [5, 5.41) is 0. The number of rotatable bonds is 0. The third kappa shape index (κ3) is 5490. The normalized spacial score (nSPS) is 23.1. The molecule has 0 atom stereocenters. The van der Waals surface area contributed by atoms with Crippen molar-refractivity contribution >= 4 is 14.2 Å². The van der Waals surface area contributed by atoms with Crippen molar-refractivity contribution in [3.63, 3.8) is 0 Å². The number of halogens is 6. The number of hydrogen-bond acceptors (Lipinski definition) is 0. The van der Waals surface area contributed by atoms with Gasteiger partial charge in [0, 0.05) is 0 Å². The van der Waals surface area contributed by atoms with Crippen LogP contribution in [0.15, 0.2) is 0 Å². The van der Waals surface area contributed by atoms with Crippen LogP contribution >= 0.6 is 0 Å². The molecule has 0 N–H and O–H groups in total. The molecule has 0 bridgehead atoms. The molecule has 0 amide bonds. The maximum absolute atomic E-state index is 11.1. The van der Waals surface area contributed by atoms with E-state index >= 15 is 0 Å². The van der Waals surface area contributed by atoms with Gasteiger partial charge in [0.25, 0.3) is 0 Å². The molecule has 0 saturated heterocycles. The standard InChI is InChI=1S/AsF6/c2-1(3,4,5,6)7/q-1/p+1. The monoisotopic (exact) mass is 190 g/mol. The fourth-order valence-corrected chi connectivity index (χ4v) is 0. The first-order valence-corrected chi connectivity index (χ1v) is 5.27. The molecule has 0 aromatic rings. The number of hydrogen-bond donors (Lipinski definition) is 0. The first-order chi connectivity index (χ1) is 2.45. The van der Waals surface area contributed by atoms with Gasteiger partial charge in [0.15, 0.2) is 0 Å². The molecule has 0 aliphatic heterocycles. The molecule has 0 nitrogen and oxygen atoms in total. The minimum absolute atomic E-state index is 0. The first kappa shape index (κ1) is 7.14. The minimum Gasteiger partial charge on any atom is 1.00 e. The predicted molar refractivity (Wildman–Crippen MR) is 13.5 cm³/mol. The van der Waals surface area contributed by atoms with Gasteiger partial charge in [-0.15, -0.1) is 0 Å². The topological polar surface area (TPSA) is 0 Å². The molecule has 0 aromatic heterocycles. The summed E-state index contributed by atoms with van der Waals surface area (Å²) >= 11 is -11.1. The zero-order chi connectivity index (χ0) is 6.41. The van der Waals surface area contributed by atoms with E-state index in [1.807, 2.05) is 0 Å². The molecular formula is HAsF6. The third-order valence-electron chi connectivity index (χ3n) is 0. The Morgan fingerprint density at radius 3 is 0.714 bits per heavy atom. The van der Waals surface area contributed by atoms with E-state index in [-0.39, 0.29) is 1.43 Å². The van der Waals surface area contributed by atoms with Crippen LogP contribution in [0.1, 0.15) is 1.43 Å². The predicted octanol–water partition coefficient (Wildman–Crippen LogP) is 2.25. The van der Waals surface area contributed by atoms with Crippen LogP contribution in [-0.4, -0.2) is 14.2 Å². The van der Waals surface area contributed by atoms with Crippen molar-refractivity contribution in [2.45, 2.75) is 0 Å². The fourth-order valence-electron chi connectivity index (χ4n) is 0. The van der Waals surface area contributed by atoms with E-state index in [4.69, 9.17) is 0 Å². The van der Waals surface area contributed by atoms with Gasteiger partial charge in [-0.25, -0.2) is 0 Å². The summed E-state index contributed by atoms with van der Waals surface area (Å²) in [6, 6.07) is 0. The fraction of sp³-hybridized carbons (Fsp3) is 0. The van der Waals surface area contributed by atoms with Crippen LogP contribution in [0.3, 0.4) is 0 Å². The van der Waals surface area contributed by atoms with Gasteiger partial charge in [0.2, 0.25) is 0 Å². The average molecular weight is 190 g/mol. The summed E-state index contributed by atoms with van der Waals surface area (Å²) in [5.74, 6) is 0. The van der Waals surface area contributed by atoms with E-state index in [1.165, 1.54) is 0 Å². The van der Waals surface area contributed by atoms with E-state index in [0.29, 0.717) is 0 Å². The van der Waals surface area contributed by atoms with Crippen LogP contribution in [0.2, 0.25) is 0 Å². The molecule has 0 aromatic carbocycles. The van der Waals surface area contributed by atoms with Gasteiger partial charge >= 0.3 is 36.4 Å². The molecule has 0 heterocycles. The van der Waals surface area contributed by atoms with Crippen molar-refractivity contribution in [1.82, 2.24) is 0 Å². The quantitative estimate of drug-likeness (QED) is 0.405. The van der Waals surface area contributed by atoms with Crippen LogP contribution in [0.4, 0.5) is 20.8 Å². The second-order valence-electron chi connectivity index (χ2n) is 0.958. The Labute approximate surface area is 37.5 Å². The van der Waals surface area contributed by atoms with Gasteiger partial charge in [-0.1, -0.05) is 0 Å². The summed E-state index contributed by atoms with van der Waals surface area (Å²) in [7, 11) is 0. The van der Waals surface area contributed by atoms with E-state index in [2.05, 4.69) is 0 Å². The Morgan fingerprint density at radius 1 is 0.714 bits per heavy atom. The van der Waals surface area contributed by atoms with Crippen molar-refractivity contribution in [2.75, 3.05) is 0 Å². The Morgan fingerprint density at radius 2 is 0.714 bits per heavy atom. The van der Waals surface area contributed by atoms with Crippen molar-refractivity contribution in [1.29, 1.82) is 0 Å². The molecule has 0 unspecified atom stereocenters. The van der Waals surface area contributed by atoms with Gasteiger partial charge in [-0.3, -0.25) is 0 Å². The van der Waals surface area contributed by atoms with Gasteiger partial charge in [-0.2, -0.15) is 0 Å². The largest absolute Gasteiger partial charge is 1.00 e. The van der Waals surface area contributed by atoms with Crippen molar-refractivity contribution in [3.05, 3.63) is 0 Å². The molecule has 7 heteroatoms. The Hall–Kier alpha value is 0.138. The van der Waals surface area contributed by atoms with Gasteiger partial charge in [0.05, 0.1) is 0 Å². The molecule has 48 valence electrons. The molecule has 0 spiro atoms. The molecule has 0 rings (SSSR count). The Kier molecular flexibility index (Phi) is 0.721. The zero-order valence-corrected chi connectivity index (χ0v) is 4.59.